The van der Waals surface area contributed by atoms with Crippen molar-refractivity contribution in [1.29, 1.82) is 0 Å². The van der Waals surface area contributed by atoms with Crippen LogP contribution in [0.15, 0.2) is 88.9 Å². The number of rotatable bonds is 10. The number of thioether (sulfide) groups is 1. The number of nitrogens with one attached hydrogen (secondary N) is 5. The fourth-order valence-electron chi connectivity index (χ4n) is 7.38. The summed E-state index contributed by atoms with van der Waals surface area (Å²) in [6.45, 7) is 0.246. The first-order chi connectivity index (χ1) is 29.3. The van der Waals surface area contributed by atoms with Gasteiger partial charge in [-0.2, -0.15) is 0 Å². The van der Waals surface area contributed by atoms with E-state index in [4.69, 9.17) is 17.2 Å². The number of hydrogen-bond donors (Lipinski definition) is 8. The largest absolute Gasteiger partial charge is 0.370 e. The molecular weight excluding hydrogens is 807 g/mol. The number of nitrogens with zero attached hydrogens (tertiary/aromatic N) is 3. The number of nitro groups is 1. The van der Waals surface area contributed by atoms with Crippen molar-refractivity contribution in [2.75, 3.05) is 18.8 Å². The second-order valence-electron chi connectivity index (χ2n) is 14.8. The summed E-state index contributed by atoms with van der Waals surface area (Å²) in [4.78, 5) is 104. The van der Waals surface area contributed by atoms with Gasteiger partial charge in [-0.05, 0) is 48.9 Å². The first kappa shape index (κ1) is 43.6. The number of aromatic amines is 1. The highest BCUT2D eigenvalue weighted by Gasteiger charge is 2.39. The minimum atomic E-state index is -1.35. The number of nitro benzene ring substituents is 1. The molecule has 61 heavy (non-hydrogen) atoms. The first-order valence-electron chi connectivity index (χ1n) is 19.7. The molecule has 0 bridgehead atoms. The van der Waals surface area contributed by atoms with Gasteiger partial charge in [0.2, 0.25) is 29.5 Å². The predicted octanol–water partition coefficient (Wildman–Crippen LogP) is 0.750. The Labute approximate surface area is 354 Å². The van der Waals surface area contributed by atoms with E-state index >= 15 is 0 Å². The van der Waals surface area contributed by atoms with Gasteiger partial charge in [-0.15, -0.1) is 11.8 Å². The zero-order valence-electron chi connectivity index (χ0n) is 33.0. The first-order valence-corrected chi connectivity index (χ1v) is 20.6. The van der Waals surface area contributed by atoms with Crippen LogP contribution >= 0.6 is 11.8 Å². The lowest BCUT2D eigenvalue weighted by Crippen LogP contribution is -2.59. The molecule has 3 aromatic carbocycles. The Morgan fingerprint density at radius 3 is 2.25 bits per heavy atom. The predicted molar refractivity (Wildman–Crippen MR) is 227 cm³/mol. The van der Waals surface area contributed by atoms with Crippen LogP contribution in [-0.2, 0) is 36.8 Å². The summed E-state index contributed by atoms with van der Waals surface area (Å²) in [6.07, 6.45) is 2.54. The molecule has 1 aromatic heterocycles. The molecule has 1 fully saturated rings. The summed E-state index contributed by atoms with van der Waals surface area (Å²) in [5, 5.41) is 23.7. The molecule has 2 aliphatic heterocycles. The van der Waals surface area contributed by atoms with Crippen LogP contribution in [0.5, 0.6) is 0 Å². The van der Waals surface area contributed by atoms with E-state index in [1.54, 1.807) is 36.5 Å². The Morgan fingerprint density at radius 2 is 1.51 bits per heavy atom. The summed E-state index contributed by atoms with van der Waals surface area (Å²) in [5.74, 6) is -4.87. The van der Waals surface area contributed by atoms with E-state index < -0.39 is 70.6 Å². The maximum Gasteiger partial charge on any atom is 0.270 e. The molecule has 0 saturated carbocycles. The number of carbonyl (C=O) groups is 6. The third kappa shape index (κ3) is 11.0. The van der Waals surface area contributed by atoms with Gasteiger partial charge in [-0.3, -0.25) is 43.9 Å². The van der Waals surface area contributed by atoms with Crippen molar-refractivity contribution in [1.82, 2.24) is 31.2 Å². The van der Waals surface area contributed by atoms with E-state index in [1.165, 1.54) is 17.0 Å². The molecule has 0 spiro atoms. The number of benzene rings is 3. The van der Waals surface area contributed by atoms with Crippen LogP contribution in [0.2, 0.25) is 0 Å². The number of aliphatic imine (C=N–C) groups is 1. The lowest BCUT2D eigenvalue weighted by atomic mass is 10.0. The van der Waals surface area contributed by atoms with E-state index in [0.717, 1.165) is 28.7 Å². The van der Waals surface area contributed by atoms with Crippen LogP contribution in [0.1, 0.15) is 47.2 Å². The Balaban J connectivity index is 1.42. The summed E-state index contributed by atoms with van der Waals surface area (Å²) in [6, 6.07) is 13.6. The van der Waals surface area contributed by atoms with E-state index in [0.29, 0.717) is 17.5 Å². The van der Waals surface area contributed by atoms with Gasteiger partial charge >= 0.3 is 0 Å². The summed E-state index contributed by atoms with van der Waals surface area (Å²) in [7, 11) is 0. The van der Waals surface area contributed by atoms with E-state index in [-0.39, 0.29) is 73.1 Å². The summed E-state index contributed by atoms with van der Waals surface area (Å²) in [5.41, 5.74) is 18.5. The number of fused-ring (bicyclic) bond motifs is 3. The standard InChI is InChI=1S/C41H47N11O8S/c42-35(53)32-22-61-34-15-14-25(52(59)60)20-27(34)40(58)51-17-7-13-33(51)39(57)49-30(18-23-8-2-1-3-9-23)37(55)47-29(12-6-16-45-41(43)44)36(54)48-31(38(56)50-32)19-24-21-46-28-11-5-4-10-26(24)28/h1-5,8-11,14-15,20-21,29-33,46H,6-7,12-13,16-19,22H2,(H2,42,53)(H,47,55)(H,48,54)(H,49,57)(H,50,56)(H4,43,44,45)/t29-,30+,31-,32-,33+/m0/s1. The van der Waals surface area contributed by atoms with Crippen LogP contribution in [-0.4, -0.2) is 105 Å². The lowest BCUT2D eigenvalue weighted by Gasteiger charge is -2.28. The smallest absolute Gasteiger partial charge is 0.270 e. The van der Waals surface area contributed by atoms with Crippen LogP contribution in [0.3, 0.4) is 0 Å². The number of para-hydroxylation sites is 1. The number of primary amides is 1. The Hall–Kier alpha value is -6.96. The molecule has 20 heteroatoms. The molecule has 5 atom stereocenters. The van der Waals surface area contributed by atoms with Crippen LogP contribution < -0.4 is 38.5 Å². The van der Waals surface area contributed by atoms with Gasteiger partial charge in [-0.1, -0.05) is 48.5 Å². The van der Waals surface area contributed by atoms with Gasteiger partial charge in [0.15, 0.2) is 5.96 Å². The monoisotopic (exact) mass is 853 g/mol. The molecule has 11 N–H and O–H groups in total. The SMILES string of the molecule is NC(=O)[C@@H]1CSc2ccc([N+](=O)[O-])cc2C(=O)N2CCC[C@@H]2C(=O)N[C@H](Cc2ccccc2)C(=O)N[C@@H](CCCN=C(N)N)C(=O)N[C@@H](Cc2c[nH]c3ccccc23)C(=O)N1. The van der Waals surface area contributed by atoms with Crippen molar-refractivity contribution < 1.29 is 33.7 Å². The van der Waals surface area contributed by atoms with Gasteiger partial charge in [0, 0.05) is 65.8 Å². The minimum absolute atomic E-state index is 0.00713. The van der Waals surface area contributed by atoms with Crippen molar-refractivity contribution in [3.05, 3.63) is 106 Å². The molecule has 4 aromatic rings. The van der Waals surface area contributed by atoms with Crippen molar-refractivity contribution in [2.45, 2.75) is 73.6 Å². The van der Waals surface area contributed by atoms with E-state index in [9.17, 15) is 38.9 Å². The van der Waals surface area contributed by atoms with Crippen LogP contribution in [0.25, 0.3) is 10.9 Å². The second kappa shape index (κ2) is 19.9. The number of guanidine groups is 1. The quantitative estimate of drug-likeness (QED) is 0.0362. The Morgan fingerprint density at radius 1 is 0.836 bits per heavy atom. The van der Waals surface area contributed by atoms with Gasteiger partial charge in [0.05, 0.1) is 10.5 Å². The molecular formula is C41H47N11O8S. The molecule has 6 amide bonds. The van der Waals surface area contributed by atoms with Crippen molar-refractivity contribution >= 4 is 69.8 Å². The Kier molecular flexibility index (Phi) is 14.2. The summed E-state index contributed by atoms with van der Waals surface area (Å²) >= 11 is 0.954. The van der Waals surface area contributed by atoms with Crippen molar-refractivity contribution in [3.63, 3.8) is 0 Å². The molecule has 19 nitrogen and oxygen atoms in total. The molecule has 6 rings (SSSR count). The zero-order valence-corrected chi connectivity index (χ0v) is 33.8. The fourth-order valence-corrected chi connectivity index (χ4v) is 8.44. The van der Waals surface area contributed by atoms with Crippen LogP contribution in [0, 0.1) is 10.1 Å². The van der Waals surface area contributed by atoms with Gasteiger partial charge in [0.1, 0.15) is 30.2 Å². The number of hydrogen-bond acceptors (Lipinski definition) is 10. The second-order valence-corrected chi connectivity index (χ2v) is 15.8. The fraction of sp³-hybridized carbons (Fsp3) is 0.341. The van der Waals surface area contributed by atoms with Gasteiger partial charge < -0.3 is 48.4 Å². The van der Waals surface area contributed by atoms with E-state index in [1.807, 2.05) is 24.3 Å². The maximum absolute atomic E-state index is 14.3. The number of carbonyl (C=O) groups excluding carboxylic acids is 6. The summed E-state index contributed by atoms with van der Waals surface area (Å²) < 4.78 is 0. The van der Waals surface area contributed by atoms with Crippen molar-refractivity contribution in [3.8, 4) is 0 Å². The number of H-pyrrole nitrogens is 1. The average Bonchev–Trinajstić information content (AvgIpc) is 3.90. The number of non-ortho nitro benzene ring substituents is 1. The zero-order chi connectivity index (χ0) is 43.6. The number of aromatic nitrogens is 1. The van der Waals surface area contributed by atoms with Crippen molar-refractivity contribution in [2.24, 2.45) is 22.2 Å². The maximum atomic E-state index is 14.3. The third-order valence-corrected chi connectivity index (χ3v) is 11.7. The highest BCUT2D eigenvalue weighted by molar-refractivity contribution is 7.99. The Bertz CT molecular complexity index is 2330. The van der Waals surface area contributed by atoms with Crippen LogP contribution in [0.4, 0.5) is 5.69 Å². The lowest BCUT2D eigenvalue weighted by molar-refractivity contribution is -0.384. The highest BCUT2D eigenvalue weighted by Crippen LogP contribution is 2.31. The normalized spacial score (nSPS) is 21.7. The minimum Gasteiger partial charge on any atom is -0.370 e. The van der Waals surface area contributed by atoms with Gasteiger partial charge in [0.25, 0.3) is 11.6 Å². The molecule has 0 radical (unpaired) electrons. The molecule has 0 aliphatic carbocycles. The van der Waals surface area contributed by atoms with Gasteiger partial charge in [-0.25, -0.2) is 0 Å². The molecule has 2 aliphatic rings. The molecule has 0 unspecified atom stereocenters. The topological polar surface area (TPSA) is 303 Å². The number of nitrogens with two attached hydrogens (primary N) is 3. The number of amides is 6. The molecule has 3 heterocycles. The third-order valence-electron chi connectivity index (χ3n) is 10.5. The molecule has 320 valence electrons. The average molecular weight is 854 g/mol. The van der Waals surface area contributed by atoms with E-state index in [2.05, 4.69) is 31.2 Å². The highest BCUT2D eigenvalue weighted by atomic mass is 32.2. The molecule has 1 saturated heterocycles.